The summed E-state index contributed by atoms with van der Waals surface area (Å²) in [6, 6.07) is 10.5. The lowest BCUT2D eigenvalue weighted by atomic mass is 9.72. The van der Waals surface area contributed by atoms with Gasteiger partial charge in [0.2, 0.25) is 5.91 Å². The van der Waals surface area contributed by atoms with E-state index in [9.17, 15) is 14.3 Å². The van der Waals surface area contributed by atoms with Crippen LogP contribution in [-0.4, -0.2) is 35.3 Å². The molecule has 0 bridgehead atoms. The van der Waals surface area contributed by atoms with E-state index in [1.54, 1.807) is 6.07 Å². The average molecular weight is 517 g/mol. The maximum atomic E-state index is 13.6. The van der Waals surface area contributed by atoms with Gasteiger partial charge in [0, 0.05) is 31.5 Å². The molecule has 2 aromatic rings. The van der Waals surface area contributed by atoms with E-state index >= 15 is 0 Å². The normalized spacial score (nSPS) is 20.1. The number of aliphatic hydroxyl groups is 1. The van der Waals surface area contributed by atoms with Crippen LogP contribution in [0.3, 0.4) is 0 Å². The first-order valence-corrected chi connectivity index (χ1v) is 13.3. The van der Waals surface area contributed by atoms with Gasteiger partial charge in [-0.25, -0.2) is 4.39 Å². The Hall–Kier alpha value is -2.15. The lowest BCUT2D eigenvalue weighted by Gasteiger charge is -2.48. The number of benzene rings is 2. The van der Waals surface area contributed by atoms with Crippen LogP contribution in [0.4, 0.5) is 4.39 Å². The molecule has 1 aliphatic heterocycles. The van der Waals surface area contributed by atoms with Crippen molar-refractivity contribution >= 4 is 17.5 Å². The number of carbonyl (C=O) groups is 1. The Labute approximate surface area is 218 Å². The van der Waals surface area contributed by atoms with Gasteiger partial charge in [0.05, 0.1) is 17.2 Å². The molecular weight excluding hydrogens is 479 g/mol. The molecule has 1 heterocycles. The second kappa shape index (κ2) is 10.7. The van der Waals surface area contributed by atoms with E-state index in [0.29, 0.717) is 13.0 Å². The van der Waals surface area contributed by atoms with Crippen molar-refractivity contribution in [1.29, 1.82) is 0 Å². The highest BCUT2D eigenvalue weighted by molar-refractivity contribution is 6.30. The van der Waals surface area contributed by atoms with Crippen molar-refractivity contribution in [2.45, 2.75) is 90.0 Å². The molecule has 5 nitrogen and oxygen atoms in total. The molecule has 1 aliphatic carbocycles. The summed E-state index contributed by atoms with van der Waals surface area (Å²) in [5.41, 5.74) is 3.18. The largest absolute Gasteiger partial charge is 0.487 e. The monoisotopic (exact) mass is 516 g/mol. The van der Waals surface area contributed by atoms with E-state index in [0.717, 1.165) is 49.0 Å². The van der Waals surface area contributed by atoms with Gasteiger partial charge < -0.3 is 20.5 Å². The van der Waals surface area contributed by atoms with Crippen LogP contribution in [-0.2, 0) is 17.6 Å². The van der Waals surface area contributed by atoms with Gasteiger partial charge in [-0.3, -0.25) is 4.79 Å². The summed E-state index contributed by atoms with van der Waals surface area (Å²) in [5, 5.41) is 17.6. The van der Waals surface area contributed by atoms with E-state index in [-0.39, 0.29) is 28.0 Å². The predicted molar refractivity (Wildman–Crippen MR) is 141 cm³/mol. The first kappa shape index (κ1) is 26.9. The number of aliphatic hydroxyl groups excluding tert-OH is 1. The van der Waals surface area contributed by atoms with Crippen molar-refractivity contribution in [2.75, 3.05) is 6.54 Å². The van der Waals surface area contributed by atoms with Crippen molar-refractivity contribution in [3.63, 3.8) is 0 Å². The standard InChI is InChI=1S/C29H38ClFN2O3/c1-18(34)33-24(14-19-6-8-23(31)22(30)13-19)26(35)17-32-25-16-29(10-5-11-29)36-27-9-7-20(12-21(25)27)15-28(2,3)4/h6-9,12-13,24-26,32,35H,5,10-11,14-17H2,1-4H3,(H,33,34)/t24-,25-,26+/m0/s1. The van der Waals surface area contributed by atoms with Gasteiger partial charge in [0.1, 0.15) is 17.2 Å². The van der Waals surface area contributed by atoms with Gasteiger partial charge in [-0.15, -0.1) is 0 Å². The van der Waals surface area contributed by atoms with Crippen LogP contribution in [0.25, 0.3) is 0 Å². The SMILES string of the molecule is CC(=O)N[C@@H](Cc1ccc(F)c(Cl)c1)[C@H](O)CN[C@H]1CC2(CCC2)Oc2ccc(CC(C)(C)C)cc21. The lowest BCUT2D eigenvalue weighted by molar-refractivity contribution is -0.120. The van der Waals surface area contributed by atoms with Gasteiger partial charge in [0.25, 0.3) is 0 Å². The van der Waals surface area contributed by atoms with E-state index in [4.69, 9.17) is 16.3 Å². The summed E-state index contributed by atoms with van der Waals surface area (Å²) in [4.78, 5) is 11.9. The molecule has 0 saturated heterocycles. The highest BCUT2D eigenvalue weighted by Crippen LogP contribution is 2.49. The second-order valence-corrected chi connectivity index (χ2v) is 12.1. The molecule has 0 radical (unpaired) electrons. The van der Waals surface area contributed by atoms with Crippen LogP contribution in [0.15, 0.2) is 36.4 Å². The third kappa shape index (κ3) is 6.58. The van der Waals surface area contributed by atoms with Crippen molar-refractivity contribution in [3.8, 4) is 5.75 Å². The minimum Gasteiger partial charge on any atom is -0.487 e. The fourth-order valence-corrected chi connectivity index (χ4v) is 5.58. The van der Waals surface area contributed by atoms with Crippen molar-refractivity contribution in [2.24, 2.45) is 5.41 Å². The molecule has 196 valence electrons. The Kier molecular flexibility index (Phi) is 7.98. The zero-order valence-electron chi connectivity index (χ0n) is 21.7. The van der Waals surface area contributed by atoms with Crippen LogP contribution in [0.5, 0.6) is 5.75 Å². The third-order valence-corrected chi connectivity index (χ3v) is 7.51. The highest BCUT2D eigenvalue weighted by atomic mass is 35.5. The van der Waals surface area contributed by atoms with Crippen molar-refractivity contribution in [3.05, 3.63) is 63.9 Å². The third-order valence-electron chi connectivity index (χ3n) is 7.22. The van der Waals surface area contributed by atoms with Gasteiger partial charge in [-0.1, -0.05) is 50.6 Å². The molecule has 2 aromatic carbocycles. The number of amides is 1. The van der Waals surface area contributed by atoms with Crippen molar-refractivity contribution < 1.29 is 19.0 Å². The smallest absolute Gasteiger partial charge is 0.217 e. The molecule has 1 fully saturated rings. The van der Waals surface area contributed by atoms with Gasteiger partial charge in [0.15, 0.2) is 0 Å². The zero-order valence-corrected chi connectivity index (χ0v) is 22.4. The van der Waals surface area contributed by atoms with Gasteiger partial charge in [-0.05, 0) is 66.8 Å². The summed E-state index contributed by atoms with van der Waals surface area (Å²) < 4.78 is 20.1. The number of nitrogens with one attached hydrogen (secondary N) is 2. The molecule has 3 atom stereocenters. The molecule has 2 aliphatic rings. The van der Waals surface area contributed by atoms with E-state index in [1.165, 1.54) is 24.6 Å². The first-order chi connectivity index (χ1) is 16.9. The van der Waals surface area contributed by atoms with Crippen LogP contribution < -0.4 is 15.4 Å². The molecule has 0 aromatic heterocycles. The number of carbonyl (C=O) groups excluding carboxylic acids is 1. The quantitative estimate of drug-likeness (QED) is 0.432. The second-order valence-electron chi connectivity index (χ2n) is 11.7. The Morgan fingerprint density at radius 3 is 2.56 bits per heavy atom. The highest BCUT2D eigenvalue weighted by Gasteiger charge is 2.45. The van der Waals surface area contributed by atoms with E-state index < -0.39 is 18.0 Å². The van der Waals surface area contributed by atoms with Crippen LogP contribution >= 0.6 is 11.6 Å². The Morgan fingerprint density at radius 1 is 1.22 bits per heavy atom. The Bertz CT molecular complexity index is 1100. The molecular formula is C29H38ClFN2O3. The predicted octanol–water partition coefficient (Wildman–Crippen LogP) is 5.51. The molecule has 0 unspecified atom stereocenters. The molecule has 1 saturated carbocycles. The fraction of sp³-hybridized carbons (Fsp3) is 0.552. The minimum absolute atomic E-state index is 0.0253. The lowest BCUT2D eigenvalue weighted by Crippen LogP contribution is -2.52. The maximum absolute atomic E-state index is 13.6. The first-order valence-electron chi connectivity index (χ1n) is 12.9. The zero-order chi connectivity index (χ0) is 26.1. The summed E-state index contributed by atoms with van der Waals surface area (Å²) in [6.45, 7) is 8.42. The summed E-state index contributed by atoms with van der Waals surface area (Å²) in [7, 11) is 0. The molecule has 1 amide bonds. The number of rotatable bonds is 8. The Morgan fingerprint density at radius 2 is 1.94 bits per heavy atom. The number of hydrogen-bond donors (Lipinski definition) is 3. The maximum Gasteiger partial charge on any atom is 0.217 e. The van der Waals surface area contributed by atoms with Crippen molar-refractivity contribution in [1.82, 2.24) is 10.6 Å². The number of ether oxygens (including phenoxy) is 1. The molecule has 1 spiro atoms. The summed E-state index contributed by atoms with van der Waals surface area (Å²) in [5.74, 6) is 0.196. The number of halogens is 2. The molecule has 7 heteroatoms. The van der Waals surface area contributed by atoms with Gasteiger partial charge in [-0.2, -0.15) is 0 Å². The van der Waals surface area contributed by atoms with E-state index in [1.807, 2.05) is 0 Å². The number of hydrogen-bond acceptors (Lipinski definition) is 4. The number of fused-ring (bicyclic) bond motifs is 1. The molecule has 36 heavy (non-hydrogen) atoms. The summed E-state index contributed by atoms with van der Waals surface area (Å²) >= 11 is 5.94. The minimum atomic E-state index is -0.848. The topological polar surface area (TPSA) is 70.6 Å². The van der Waals surface area contributed by atoms with Crippen LogP contribution in [0, 0.1) is 11.2 Å². The van der Waals surface area contributed by atoms with Crippen LogP contribution in [0.1, 0.15) is 76.1 Å². The van der Waals surface area contributed by atoms with E-state index in [2.05, 4.69) is 49.6 Å². The van der Waals surface area contributed by atoms with Gasteiger partial charge >= 0.3 is 0 Å². The molecule has 4 rings (SSSR count). The Balaban J connectivity index is 1.50. The average Bonchev–Trinajstić information content (AvgIpc) is 2.76. The summed E-state index contributed by atoms with van der Waals surface area (Å²) in [6.07, 6.45) is 4.55. The van der Waals surface area contributed by atoms with Crippen LogP contribution in [0.2, 0.25) is 5.02 Å². The fourth-order valence-electron chi connectivity index (χ4n) is 5.37. The molecule has 3 N–H and O–H groups in total.